The predicted octanol–water partition coefficient (Wildman–Crippen LogP) is 3.47. The number of hydrogen-bond donors (Lipinski definition) is 1. The van der Waals surface area contributed by atoms with Crippen molar-refractivity contribution in [3.63, 3.8) is 0 Å². The van der Waals surface area contributed by atoms with Gasteiger partial charge < -0.3 is 10.1 Å². The molecule has 0 saturated carbocycles. The van der Waals surface area contributed by atoms with Gasteiger partial charge in [-0.25, -0.2) is 8.78 Å². The minimum atomic E-state index is -0.788. The van der Waals surface area contributed by atoms with Crippen molar-refractivity contribution in [3.05, 3.63) is 35.4 Å². The lowest BCUT2D eigenvalue weighted by Crippen LogP contribution is -2.38. The van der Waals surface area contributed by atoms with Gasteiger partial charge in [-0.05, 0) is 49.3 Å². The molecule has 1 heterocycles. The van der Waals surface area contributed by atoms with Crippen LogP contribution < -0.4 is 5.32 Å². The van der Waals surface area contributed by atoms with Crippen molar-refractivity contribution < 1.29 is 13.5 Å². The van der Waals surface area contributed by atoms with E-state index in [2.05, 4.69) is 12.2 Å². The predicted molar refractivity (Wildman–Crippen MR) is 75.8 cm³/mol. The highest BCUT2D eigenvalue weighted by atomic mass is 19.2. The van der Waals surface area contributed by atoms with E-state index in [0.717, 1.165) is 38.2 Å². The van der Waals surface area contributed by atoms with Crippen molar-refractivity contribution in [1.29, 1.82) is 0 Å². The zero-order chi connectivity index (χ0) is 14.5. The van der Waals surface area contributed by atoms with E-state index >= 15 is 0 Å². The number of halogens is 2. The van der Waals surface area contributed by atoms with E-state index in [1.807, 2.05) is 6.92 Å². The summed E-state index contributed by atoms with van der Waals surface area (Å²) in [5.74, 6) is -0.760. The highest BCUT2D eigenvalue weighted by Crippen LogP contribution is 2.21. The van der Waals surface area contributed by atoms with E-state index < -0.39 is 11.6 Å². The van der Waals surface area contributed by atoms with E-state index in [0.29, 0.717) is 12.0 Å². The molecular formula is C16H23F2NO. The minimum absolute atomic E-state index is 0.160. The van der Waals surface area contributed by atoms with E-state index in [-0.39, 0.29) is 5.92 Å². The second-order valence-electron chi connectivity index (χ2n) is 5.72. The quantitative estimate of drug-likeness (QED) is 0.893. The fourth-order valence-electron chi connectivity index (χ4n) is 2.68. The first-order valence-electron chi connectivity index (χ1n) is 7.34. The summed E-state index contributed by atoms with van der Waals surface area (Å²) in [6, 6.07) is 4.57. The summed E-state index contributed by atoms with van der Waals surface area (Å²) in [6.07, 6.45) is 2.18. The Hall–Kier alpha value is -1.00. The van der Waals surface area contributed by atoms with Gasteiger partial charge in [-0.15, -0.1) is 0 Å². The molecule has 1 fully saturated rings. The first kappa shape index (κ1) is 15.4. The van der Waals surface area contributed by atoms with Crippen LogP contribution in [0.1, 0.15) is 38.2 Å². The highest BCUT2D eigenvalue weighted by Gasteiger charge is 2.20. The number of benzene rings is 1. The Morgan fingerprint density at radius 1 is 1.20 bits per heavy atom. The van der Waals surface area contributed by atoms with Crippen LogP contribution in [0.4, 0.5) is 8.78 Å². The Balaban J connectivity index is 1.84. The molecule has 1 aliphatic rings. The van der Waals surface area contributed by atoms with E-state index in [1.54, 1.807) is 6.07 Å². The van der Waals surface area contributed by atoms with E-state index in [9.17, 15) is 8.78 Å². The first-order valence-corrected chi connectivity index (χ1v) is 7.34. The van der Waals surface area contributed by atoms with Crippen molar-refractivity contribution in [2.75, 3.05) is 19.8 Å². The zero-order valence-corrected chi connectivity index (χ0v) is 12.2. The summed E-state index contributed by atoms with van der Waals surface area (Å²) in [7, 11) is 0. The lowest BCUT2D eigenvalue weighted by molar-refractivity contribution is 0.0559. The molecule has 2 atom stereocenters. The van der Waals surface area contributed by atoms with Gasteiger partial charge in [0.15, 0.2) is 11.6 Å². The van der Waals surface area contributed by atoms with Crippen molar-refractivity contribution in [2.45, 2.75) is 38.6 Å². The molecule has 0 aromatic heterocycles. The fourth-order valence-corrected chi connectivity index (χ4v) is 2.68. The van der Waals surface area contributed by atoms with E-state index in [4.69, 9.17) is 4.74 Å². The van der Waals surface area contributed by atoms with Crippen LogP contribution in [0.25, 0.3) is 0 Å². The summed E-state index contributed by atoms with van der Waals surface area (Å²) in [5.41, 5.74) is 0.829. The molecule has 2 nitrogen and oxygen atoms in total. The number of hydrogen-bond acceptors (Lipinski definition) is 2. The Morgan fingerprint density at radius 3 is 2.55 bits per heavy atom. The Kier molecular flexibility index (Phi) is 5.49. The molecule has 0 bridgehead atoms. The standard InChI is InChI=1S/C16H23F2NO/c1-11(14-3-4-15(17)16(18)9-14)10-19-12(2)13-5-7-20-8-6-13/h3-4,9,11-13,19H,5-8,10H2,1-2H3/t11-,12-/m0/s1. The molecule has 0 unspecified atom stereocenters. The number of ether oxygens (including phenoxy) is 1. The van der Waals surface area contributed by atoms with Crippen LogP contribution in [0.15, 0.2) is 18.2 Å². The molecule has 1 aromatic rings. The van der Waals surface area contributed by atoms with Crippen LogP contribution in [0.2, 0.25) is 0 Å². The second kappa shape index (κ2) is 7.14. The third kappa shape index (κ3) is 4.00. The zero-order valence-electron chi connectivity index (χ0n) is 12.2. The lowest BCUT2D eigenvalue weighted by atomic mass is 9.92. The smallest absolute Gasteiger partial charge is 0.159 e. The van der Waals surface area contributed by atoms with Gasteiger partial charge in [0.2, 0.25) is 0 Å². The largest absolute Gasteiger partial charge is 0.381 e. The Labute approximate surface area is 119 Å². The monoisotopic (exact) mass is 283 g/mol. The van der Waals surface area contributed by atoms with Gasteiger partial charge in [-0.3, -0.25) is 0 Å². The van der Waals surface area contributed by atoms with Gasteiger partial charge in [0.25, 0.3) is 0 Å². The highest BCUT2D eigenvalue weighted by molar-refractivity contribution is 5.21. The van der Waals surface area contributed by atoms with E-state index in [1.165, 1.54) is 12.1 Å². The molecule has 1 N–H and O–H groups in total. The molecule has 4 heteroatoms. The summed E-state index contributed by atoms with van der Waals surface area (Å²) in [4.78, 5) is 0. The lowest BCUT2D eigenvalue weighted by Gasteiger charge is -2.29. The summed E-state index contributed by atoms with van der Waals surface area (Å²) in [6.45, 7) is 6.67. The minimum Gasteiger partial charge on any atom is -0.381 e. The summed E-state index contributed by atoms with van der Waals surface area (Å²) in [5, 5.41) is 3.51. The maximum absolute atomic E-state index is 13.2. The average molecular weight is 283 g/mol. The summed E-state index contributed by atoms with van der Waals surface area (Å²) >= 11 is 0. The number of nitrogens with one attached hydrogen (secondary N) is 1. The molecule has 112 valence electrons. The van der Waals surface area contributed by atoms with Gasteiger partial charge >= 0.3 is 0 Å². The first-order chi connectivity index (χ1) is 9.58. The molecule has 1 aliphatic heterocycles. The van der Waals surface area contributed by atoms with Crippen molar-refractivity contribution in [1.82, 2.24) is 5.32 Å². The van der Waals surface area contributed by atoms with Crippen LogP contribution in [0.5, 0.6) is 0 Å². The molecule has 1 aromatic carbocycles. The molecule has 0 aliphatic carbocycles. The van der Waals surface area contributed by atoms with Crippen LogP contribution >= 0.6 is 0 Å². The molecule has 0 spiro atoms. The molecule has 20 heavy (non-hydrogen) atoms. The third-order valence-electron chi connectivity index (χ3n) is 4.23. The fraction of sp³-hybridized carbons (Fsp3) is 0.625. The average Bonchev–Trinajstić information content (AvgIpc) is 2.48. The van der Waals surface area contributed by atoms with Crippen molar-refractivity contribution in [2.24, 2.45) is 5.92 Å². The van der Waals surface area contributed by atoms with Gasteiger partial charge in [-0.2, -0.15) is 0 Å². The number of rotatable bonds is 5. The molecule has 0 amide bonds. The molecule has 0 radical (unpaired) electrons. The van der Waals surface area contributed by atoms with Gasteiger partial charge in [-0.1, -0.05) is 13.0 Å². The Morgan fingerprint density at radius 2 is 1.90 bits per heavy atom. The van der Waals surface area contributed by atoms with Crippen molar-refractivity contribution in [3.8, 4) is 0 Å². The van der Waals surface area contributed by atoms with Crippen molar-refractivity contribution >= 4 is 0 Å². The second-order valence-corrected chi connectivity index (χ2v) is 5.72. The van der Waals surface area contributed by atoms with Crippen LogP contribution in [0.3, 0.4) is 0 Å². The third-order valence-corrected chi connectivity index (χ3v) is 4.23. The van der Waals surface area contributed by atoms with Gasteiger partial charge in [0, 0.05) is 25.8 Å². The van der Waals surface area contributed by atoms with Crippen LogP contribution in [-0.2, 0) is 4.74 Å². The molecule has 1 saturated heterocycles. The van der Waals surface area contributed by atoms with Gasteiger partial charge in [0.05, 0.1) is 0 Å². The SMILES string of the molecule is C[C@H](NC[C@H](C)c1ccc(F)c(F)c1)C1CCOCC1. The maximum Gasteiger partial charge on any atom is 0.159 e. The normalized spacial score (nSPS) is 19.8. The molecular weight excluding hydrogens is 260 g/mol. The van der Waals surface area contributed by atoms with Crippen LogP contribution in [0, 0.1) is 17.6 Å². The maximum atomic E-state index is 13.2. The summed E-state index contributed by atoms with van der Waals surface area (Å²) < 4.78 is 31.5. The Bertz CT molecular complexity index is 432. The van der Waals surface area contributed by atoms with Gasteiger partial charge in [0.1, 0.15) is 0 Å². The molecule has 2 rings (SSSR count). The topological polar surface area (TPSA) is 21.3 Å². The van der Waals surface area contributed by atoms with Crippen LogP contribution in [-0.4, -0.2) is 25.8 Å².